The molecule has 2 fully saturated rings. The molecule has 1 unspecified atom stereocenters. The van der Waals surface area contributed by atoms with Gasteiger partial charge in [0.05, 0.1) is 10.6 Å². The van der Waals surface area contributed by atoms with E-state index in [0.29, 0.717) is 12.4 Å². The van der Waals surface area contributed by atoms with Gasteiger partial charge in [-0.1, -0.05) is 12.1 Å². The fourth-order valence-electron chi connectivity index (χ4n) is 3.47. The standard InChI is InChI=1S/C17H22N2O3S/c20-16-12-23-17(18-16)6-9-19(10-7-17)8-5-13-11-21-14-3-1-2-4-15(14)22-13/h1-4,13H,5-12H2,(H,18,20). The number of amides is 1. The lowest BCUT2D eigenvalue weighted by Crippen LogP contribution is -2.50. The van der Waals surface area contributed by atoms with Crippen LogP contribution in [-0.4, -0.2) is 53.8 Å². The molecule has 1 aromatic rings. The molecule has 3 aliphatic rings. The number of carbonyl (C=O) groups is 1. The highest BCUT2D eigenvalue weighted by molar-refractivity contribution is 8.01. The van der Waals surface area contributed by atoms with Gasteiger partial charge in [-0.25, -0.2) is 0 Å². The zero-order valence-electron chi connectivity index (χ0n) is 13.1. The summed E-state index contributed by atoms with van der Waals surface area (Å²) in [4.78, 5) is 13.9. The molecule has 3 aliphatic heterocycles. The van der Waals surface area contributed by atoms with Gasteiger partial charge < -0.3 is 19.7 Å². The molecule has 2 saturated heterocycles. The van der Waals surface area contributed by atoms with Gasteiger partial charge in [0.1, 0.15) is 12.7 Å². The van der Waals surface area contributed by atoms with E-state index in [0.717, 1.165) is 50.4 Å². The van der Waals surface area contributed by atoms with Gasteiger partial charge in [-0.2, -0.15) is 0 Å². The third kappa shape index (κ3) is 3.28. The van der Waals surface area contributed by atoms with E-state index in [1.807, 2.05) is 24.3 Å². The van der Waals surface area contributed by atoms with Crippen molar-refractivity contribution in [3.63, 3.8) is 0 Å². The molecule has 4 rings (SSSR count). The first kappa shape index (κ1) is 15.1. The zero-order valence-corrected chi connectivity index (χ0v) is 13.9. The quantitative estimate of drug-likeness (QED) is 0.915. The Balaban J connectivity index is 1.24. The van der Waals surface area contributed by atoms with Gasteiger partial charge in [-0.3, -0.25) is 4.79 Å². The first-order valence-corrected chi connectivity index (χ1v) is 9.27. The van der Waals surface area contributed by atoms with Gasteiger partial charge in [-0.05, 0) is 25.0 Å². The van der Waals surface area contributed by atoms with Crippen LogP contribution < -0.4 is 14.8 Å². The maximum Gasteiger partial charge on any atom is 0.231 e. The van der Waals surface area contributed by atoms with Gasteiger partial charge in [-0.15, -0.1) is 11.8 Å². The van der Waals surface area contributed by atoms with Crippen molar-refractivity contribution in [1.29, 1.82) is 0 Å². The van der Waals surface area contributed by atoms with Gasteiger partial charge in [0.25, 0.3) is 0 Å². The minimum atomic E-state index is 0.0109. The Morgan fingerprint density at radius 1 is 1.26 bits per heavy atom. The molecule has 124 valence electrons. The number of para-hydroxylation sites is 2. The number of fused-ring (bicyclic) bond motifs is 1. The summed E-state index contributed by atoms with van der Waals surface area (Å²) in [5.41, 5.74) is 0. The summed E-state index contributed by atoms with van der Waals surface area (Å²) < 4.78 is 11.8. The van der Waals surface area contributed by atoms with E-state index in [-0.39, 0.29) is 16.9 Å². The molecule has 23 heavy (non-hydrogen) atoms. The Bertz CT molecular complexity index is 587. The number of likely N-dealkylation sites (tertiary alicyclic amines) is 1. The van der Waals surface area contributed by atoms with Crippen LogP contribution >= 0.6 is 11.8 Å². The summed E-state index contributed by atoms with van der Waals surface area (Å²) in [6.45, 7) is 3.72. The highest BCUT2D eigenvalue weighted by atomic mass is 32.2. The molecule has 1 aromatic carbocycles. The predicted molar refractivity (Wildman–Crippen MR) is 90.0 cm³/mol. The second-order valence-electron chi connectivity index (χ2n) is 6.46. The Morgan fingerprint density at radius 2 is 2.04 bits per heavy atom. The lowest BCUT2D eigenvalue weighted by Gasteiger charge is -2.39. The number of rotatable bonds is 3. The van der Waals surface area contributed by atoms with Gasteiger partial charge in [0.2, 0.25) is 5.91 Å². The molecule has 0 saturated carbocycles. The van der Waals surface area contributed by atoms with Crippen molar-refractivity contribution < 1.29 is 14.3 Å². The summed E-state index contributed by atoms with van der Waals surface area (Å²) in [5, 5.41) is 3.16. The first-order chi connectivity index (χ1) is 11.2. The molecule has 6 heteroatoms. The maximum atomic E-state index is 11.5. The SMILES string of the molecule is O=C1CSC2(CCN(CCC3COc4ccccc4O3)CC2)N1. The minimum absolute atomic E-state index is 0.0109. The highest BCUT2D eigenvalue weighted by Gasteiger charge is 2.41. The molecule has 0 bridgehead atoms. The van der Waals surface area contributed by atoms with Crippen molar-refractivity contribution in [3.05, 3.63) is 24.3 Å². The van der Waals surface area contributed by atoms with E-state index < -0.39 is 0 Å². The van der Waals surface area contributed by atoms with Crippen LogP contribution in [0.1, 0.15) is 19.3 Å². The molecule has 1 spiro atoms. The number of benzene rings is 1. The van der Waals surface area contributed by atoms with Crippen molar-refractivity contribution >= 4 is 17.7 Å². The Hall–Kier alpha value is -1.40. The zero-order chi connectivity index (χ0) is 15.7. The molecule has 1 atom stereocenters. The molecule has 3 heterocycles. The molecule has 0 radical (unpaired) electrons. The smallest absolute Gasteiger partial charge is 0.231 e. The summed E-state index contributed by atoms with van der Waals surface area (Å²) in [5.74, 6) is 2.51. The number of nitrogens with zero attached hydrogens (tertiary/aromatic N) is 1. The Kier molecular flexibility index (Phi) is 4.11. The minimum Gasteiger partial charge on any atom is -0.486 e. The van der Waals surface area contributed by atoms with E-state index in [4.69, 9.17) is 9.47 Å². The van der Waals surface area contributed by atoms with Crippen LogP contribution in [0.3, 0.4) is 0 Å². The average Bonchev–Trinajstić information content (AvgIpc) is 2.95. The maximum absolute atomic E-state index is 11.5. The topological polar surface area (TPSA) is 50.8 Å². The van der Waals surface area contributed by atoms with E-state index in [1.54, 1.807) is 11.8 Å². The number of carbonyl (C=O) groups excluding carboxylic acids is 1. The monoisotopic (exact) mass is 334 g/mol. The largest absolute Gasteiger partial charge is 0.486 e. The number of thioether (sulfide) groups is 1. The number of hydrogen-bond acceptors (Lipinski definition) is 5. The van der Waals surface area contributed by atoms with Crippen LogP contribution in [0.15, 0.2) is 24.3 Å². The third-order valence-corrected chi connectivity index (χ3v) is 6.31. The predicted octanol–water partition coefficient (Wildman–Crippen LogP) is 1.87. The summed E-state index contributed by atoms with van der Waals surface area (Å²) >= 11 is 1.78. The van der Waals surface area contributed by atoms with Crippen molar-refractivity contribution in [2.24, 2.45) is 0 Å². The van der Waals surface area contributed by atoms with Crippen LogP contribution in [0, 0.1) is 0 Å². The molecule has 5 nitrogen and oxygen atoms in total. The van der Waals surface area contributed by atoms with Crippen LogP contribution in [0.25, 0.3) is 0 Å². The molecular formula is C17H22N2O3S. The van der Waals surface area contributed by atoms with Gasteiger partial charge in [0, 0.05) is 26.1 Å². The fraction of sp³-hybridized carbons (Fsp3) is 0.588. The van der Waals surface area contributed by atoms with Gasteiger partial charge >= 0.3 is 0 Å². The first-order valence-electron chi connectivity index (χ1n) is 8.28. The molecule has 0 aliphatic carbocycles. The fourth-order valence-corrected chi connectivity index (χ4v) is 4.61. The average molecular weight is 334 g/mol. The third-order valence-electron chi connectivity index (χ3n) is 4.85. The van der Waals surface area contributed by atoms with E-state index in [2.05, 4.69) is 10.2 Å². The summed E-state index contributed by atoms with van der Waals surface area (Å²) in [6, 6.07) is 7.85. The highest BCUT2D eigenvalue weighted by Crippen LogP contribution is 2.37. The van der Waals surface area contributed by atoms with Gasteiger partial charge in [0.15, 0.2) is 11.5 Å². The van der Waals surface area contributed by atoms with Crippen molar-refractivity contribution in [3.8, 4) is 11.5 Å². The number of piperidine rings is 1. The Morgan fingerprint density at radius 3 is 2.78 bits per heavy atom. The lowest BCUT2D eigenvalue weighted by molar-refractivity contribution is -0.119. The lowest BCUT2D eigenvalue weighted by atomic mass is 10.0. The van der Waals surface area contributed by atoms with Crippen molar-refractivity contribution in [1.82, 2.24) is 10.2 Å². The van der Waals surface area contributed by atoms with Crippen molar-refractivity contribution in [2.45, 2.75) is 30.2 Å². The normalized spacial score (nSPS) is 26.3. The van der Waals surface area contributed by atoms with Crippen LogP contribution in [0.4, 0.5) is 0 Å². The second kappa shape index (κ2) is 6.24. The van der Waals surface area contributed by atoms with Crippen LogP contribution in [0.2, 0.25) is 0 Å². The Labute approximate surface area is 140 Å². The molecular weight excluding hydrogens is 312 g/mol. The van der Waals surface area contributed by atoms with Crippen LogP contribution in [0.5, 0.6) is 11.5 Å². The van der Waals surface area contributed by atoms with Crippen molar-refractivity contribution in [2.75, 3.05) is 32.0 Å². The second-order valence-corrected chi connectivity index (χ2v) is 7.82. The van der Waals surface area contributed by atoms with Crippen LogP contribution in [-0.2, 0) is 4.79 Å². The summed E-state index contributed by atoms with van der Waals surface area (Å²) in [6.07, 6.45) is 3.17. The van der Waals surface area contributed by atoms with E-state index >= 15 is 0 Å². The van der Waals surface area contributed by atoms with E-state index in [1.165, 1.54) is 0 Å². The number of nitrogens with one attached hydrogen (secondary N) is 1. The molecule has 0 aromatic heterocycles. The number of hydrogen-bond donors (Lipinski definition) is 1. The molecule has 1 amide bonds. The molecule has 1 N–H and O–H groups in total. The summed E-state index contributed by atoms with van der Waals surface area (Å²) in [7, 11) is 0. The number of ether oxygens (including phenoxy) is 2. The van der Waals surface area contributed by atoms with E-state index in [9.17, 15) is 4.79 Å².